The predicted octanol–water partition coefficient (Wildman–Crippen LogP) is 1.66. The van der Waals surface area contributed by atoms with Gasteiger partial charge in [0.1, 0.15) is 0 Å². The zero-order valence-electron chi connectivity index (χ0n) is 7.83. The van der Waals surface area contributed by atoms with Gasteiger partial charge in [-0.25, -0.2) is 0 Å². The highest BCUT2D eigenvalue weighted by Gasteiger charge is 1.90. The Morgan fingerprint density at radius 1 is 0.727 bits per heavy atom. The van der Waals surface area contributed by atoms with Crippen LogP contribution in [0.1, 0.15) is 6.42 Å². The van der Waals surface area contributed by atoms with E-state index < -0.39 is 0 Å². The van der Waals surface area contributed by atoms with Crippen LogP contribution in [-0.2, 0) is 0 Å². The van der Waals surface area contributed by atoms with Gasteiger partial charge in [-0.3, -0.25) is 0 Å². The minimum absolute atomic E-state index is 0. The number of hydrogen-bond donors (Lipinski definition) is 0. The van der Waals surface area contributed by atoms with Crippen molar-refractivity contribution in [2.45, 2.75) is 6.42 Å². The monoisotopic (exact) mass is 290 g/mol. The maximum atomic E-state index is 2.21. The fourth-order valence-corrected chi connectivity index (χ4v) is 0.703. The lowest BCUT2D eigenvalue weighted by molar-refractivity contribution is 0.340. The minimum atomic E-state index is 0. The predicted molar refractivity (Wildman–Crippen MR) is 62.4 cm³/mol. The highest BCUT2D eigenvalue weighted by atomic mass is 79.9. The summed E-state index contributed by atoms with van der Waals surface area (Å²) in [6.07, 6.45) is 1.26. The molecule has 0 aliphatic heterocycles. The summed E-state index contributed by atoms with van der Waals surface area (Å²) in [6.45, 7) is 2.39. The first kappa shape index (κ1) is 17.8. The molecule has 0 aromatic rings. The Kier molecular flexibility index (Phi) is 17.6. The van der Waals surface area contributed by atoms with E-state index in [1.165, 1.54) is 19.5 Å². The van der Waals surface area contributed by atoms with Crippen molar-refractivity contribution in [3.63, 3.8) is 0 Å². The molecule has 0 amide bonds. The number of halogens is 2. The zero-order valence-corrected chi connectivity index (χ0v) is 11.3. The smallest absolute Gasteiger partial charge is 0.00126 e. The van der Waals surface area contributed by atoms with Crippen LogP contribution in [0.25, 0.3) is 0 Å². The normalized spacial score (nSPS) is 9.27. The first-order chi connectivity index (χ1) is 4.13. The summed E-state index contributed by atoms with van der Waals surface area (Å²) in [7, 11) is 8.43. The van der Waals surface area contributed by atoms with E-state index >= 15 is 0 Å². The molecule has 0 aliphatic carbocycles. The maximum absolute atomic E-state index is 2.21. The summed E-state index contributed by atoms with van der Waals surface area (Å²) in [6, 6.07) is 0. The summed E-state index contributed by atoms with van der Waals surface area (Å²) in [4.78, 5) is 4.42. The second-order valence-corrected chi connectivity index (χ2v) is 2.96. The molecule has 0 aliphatic rings. The molecule has 0 rings (SSSR count). The topological polar surface area (TPSA) is 6.48 Å². The third-order valence-electron chi connectivity index (χ3n) is 1.21. The molecule has 0 spiro atoms. The van der Waals surface area contributed by atoms with Crippen LogP contribution in [-0.4, -0.2) is 51.1 Å². The van der Waals surface area contributed by atoms with E-state index in [0.717, 1.165) is 0 Å². The molecule has 0 aromatic carbocycles. The van der Waals surface area contributed by atoms with Crippen LogP contribution in [0.5, 0.6) is 0 Å². The van der Waals surface area contributed by atoms with Gasteiger partial charge in [-0.2, -0.15) is 0 Å². The van der Waals surface area contributed by atoms with Gasteiger partial charge >= 0.3 is 0 Å². The van der Waals surface area contributed by atoms with E-state index in [4.69, 9.17) is 0 Å². The molecule has 0 bridgehead atoms. The second kappa shape index (κ2) is 10.9. The molecule has 0 saturated carbocycles. The standard InChI is InChI=1S/C7H18N2.2BrH/c1-8(2)6-5-7-9(3)4;;/h5-7H2,1-4H3;2*1H. The van der Waals surface area contributed by atoms with Crippen LogP contribution in [0, 0.1) is 0 Å². The Bertz CT molecular complexity index is 59.5. The van der Waals surface area contributed by atoms with Crippen molar-refractivity contribution in [1.82, 2.24) is 9.80 Å². The Hall–Kier alpha value is 0.880. The van der Waals surface area contributed by atoms with Crippen molar-refractivity contribution in [2.24, 2.45) is 0 Å². The van der Waals surface area contributed by atoms with Crippen molar-refractivity contribution in [1.29, 1.82) is 0 Å². The Morgan fingerprint density at radius 2 is 1.00 bits per heavy atom. The Labute approximate surface area is 91.5 Å². The lowest BCUT2D eigenvalue weighted by Gasteiger charge is -2.12. The summed E-state index contributed by atoms with van der Waals surface area (Å²) in [5, 5.41) is 0. The molecule has 0 N–H and O–H groups in total. The Morgan fingerprint density at radius 3 is 1.18 bits per heavy atom. The summed E-state index contributed by atoms with van der Waals surface area (Å²) in [5.74, 6) is 0. The van der Waals surface area contributed by atoms with Crippen LogP contribution in [0.4, 0.5) is 0 Å². The molecule has 0 heterocycles. The third-order valence-corrected chi connectivity index (χ3v) is 1.21. The van der Waals surface area contributed by atoms with Crippen molar-refractivity contribution in [3.8, 4) is 0 Å². The fraction of sp³-hybridized carbons (Fsp3) is 1.00. The van der Waals surface area contributed by atoms with Crippen molar-refractivity contribution in [3.05, 3.63) is 0 Å². The summed E-state index contributed by atoms with van der Waals surface area (Å²) < 4.78 is 0. The average molecular weight is 292 g/mol. The maximum Gasteiger partial charge on any atom is -0.00126 e. The molecule has 0 unspecified atom stereocenters. The molecule has 0 saturated heterocycles. The molecule has 0 radical (unpaired) electrons. The molecule has 0 aromatic heterocycles. The summed E-state index contributed by atoms with van der Waals surface area (Å²) in [5.41, 5.74) is 0. The number of rotatable bonds is 4. The Balaban J connectivity index is -0.000000320. The molecule has 0 atom stereocenters. The van der Waals surface area contributed by atoms with E-state index in [0.29, 0.717) is 0 Å². The number of nitrogens with zero attached hydrogens (tertiary/aromatic N) is 2. The van der Waals surface area contributed by atoms with Gasteiger partial charge in [0.2, 0.25) is 0 Å². The summed E-state index contributed by atoms with van der Waals surface area (Å²) >= 11 is 0. The SMILES string of the molecule is Br.Br.CN(C)CCCN(C)C. The van der Waals surface area contributed by atoms with Crippen LogP contribution < -0.4 is 0 Å². The lowest BCUT2D eigenvalue weighted by Crippen LogP contribution is -2.20. The van der Waals surface area contributed by atoms with Gasteiger partial charge in [0.15, 0.2) is 0 Å². The van der Waals surface area contributed by atoms with E-state index in [2.05, 4.69) is 38.0 Å². The van der Waals surface area contributed by atoms with Crippen molar-refractivity contribution >= 4 is 34.0 Å². The van der Waals surface area contributed by atoms with Gasteiger partial charge in [-0.1, -0.05) is 0 Å². The molecule has 11 heavy (non-hydrogen) atoms. The zero-order chi connectivity index (χ0) is 7.28. The highest BCUT2D eigenvalue weighted by molar-refractivity contribution is 8.93. The minimum Gasteiger partial charge on any atom is -0.309 e. The average Bonchev–Trinajstić information content (AvgIpc) is 1.63. The van der Waals surface area contributed by atoms with Crippen LogP contribution >= 0.6 is 34.0 Å². The molecule has 4 heteroatoms. The van der Waals surface area contributed by atoms with E-state index in [1.807, 2.05) is 0 Å². The van der Waals surface area contributed by atoms with E-state index in [-0.39, 0.29) is 34.0 Å². The van der Waals surface area contributed by atoms with E-state index in [9.17, 15) is 0 Å². The third kappa shape index (κ3) is 18.1. The van der Waals surface area contributed by atoms with Crippen LogP contribution in [0.3, 0.4) is 0 Å². The first-order valence-corrected chi connectivity index (χ1v) is 3.42. The van der Waals surface area contributed by atoms with Crippen LogP contribution in [0.2, 0.25) is 0 Å². The van der Waals surface area contributed by atoms with Gasteiger partial charge in [0, 0.05) is 0 Å². The van der Waals surface area contributed by atoms with Gasteiger partial charge in [-0.15, -0.1) is 34.0 Å². The molecular formula is C7H20Br2N2. The first-order valence-electron chi connectivity index (χ1n) is 3.42. The van der Waals surface area contributed by atoms with Gasteiger partial charge in [0.25, 0.3) is 0 Å². The largest absolute Gasteiger partial charge is 0.309 e. The number of hydrogen-bond acceptors (Lipinski definition) is 2. The van der Waals surface area contributed by atoms with Crippen LogP contribution in [0.15, 0.2) is 0 Å². The highest BCUT2D eigenvalue weighted by Crippen LogP contribution is 1.84. The van der Waals surface area contributed by atoms with Crippen molar-refractivity contribution in [2.75, 3.05) is 41.3 Å². The van der Waals surface area contributed by atoms with Gasteiger partial charge in [-0.05, 0) is 47.7 Å². The van der Waals surface area contributed by atoms with Gasteiger partial charge < -0.3 is 9.80 Å². The molecule has 2 nitrogen and oxygen atoms in total. The van der Waals surface area contributed by atoms with E-state index in [1.54, 1.807) is 0 Å². The van der Waals surface area contributed by atoms with Gasteiger partial charge in [0.05, 0.1) is 0 Å². The fourth-order valence-electron chi connectivity index (χ4n) is 0.703. The molecule has 72 valence electrons. The van der Waals surface area contributed by atoms with Crippen molar-refractivity contribution < 1.29 is 0 Å². The quantitative estimate of drug-likeness (QED) is 0.777. The molecular weight excluding hydrogens is 272 g/mol. The lowest BCUT2D eigenvalue weighted by atomic mass is 10.4. The second-order valence-electron chi connectivity index (χ2n) is 2.96. The molecule has 0 fully saturated rings.